The fraction of sp³-hybridized carbons (Fsp3) is 0.130. The highest BCUT2D eigenvalue weighted by atomic mass is 19.1. The molecule has 2 aromatic carbocycles. The number of halogens is 1. The van der Waals surface area contributed by atoms with E-state index in [1.807, 2.05) is 0 Å². The lowest BCUT2D eigenvalue weighted by Gasteiger charge is -2.13. The van der Waals surface area contributed by atoms with E-state index in [0.717, 1.165) is 0 Å². The van der Waals surface area contributed by atoms with Crippen LogP contribution in [-0.2, 0) is 4.79 Å². The van der Waals surface area contributed by atoms with E-state index in [9.17, 15) is 14.0 Å². The Labute approximate surface area is 177 Å². The van der Waals surface area contributed by atoms with Crippen LogP contribution < -0.4 is 10.6 Å². The Morgan fingerprint density at radius 1 is 1.00 bits per heavy atom. The Hall–Kier alpha value is -4.07. The van der Waals surface area contributed by atoms with E-state index in [1.165, 1.54) is 19.1 Å². The molecule has 4 aromatic rings. The first-order valence-electron chi connectivity index (χ1n) is 9.55. The Morgan fingerprint density at radius 2 is 1.71 bits per heavy atom. The molecule has 0 unspecified atom stereocenters. The Bertz CT molecular complexity index is 1330. The maximum absolute atomic E-state index is 14.3. The van der Waals surface area contributed by atoms with Crippen molar-refractivity contribution in [2.75, 3.05) is 10.6 Å². The fourth-order valence-corrected chi connectivity index (χ4v) is 3.37. The van der Waals surface area contributed by atoms with E-state index >= 15 is 0 Å². The van der Waals surface area contributed by atoms with E-state index in [-0.39, 0.29) is 28.4 Å². The summed E-state index contributed by atoms with van der Waals surface area (Å²) in [6.45, 7) is 4.91. The van der Waals surface area contributed by atoms with Gasteiger partial charge >= 0.3 is 0 Å². The fourth-order valence-electron chi connectivity index (χ4n) is 3.37. The molecule has 0 aliphatic rings. The molecule has 0 spiro atoms. The van der Waals surface area contributed by atoms with Crippen LogP contribution in [0.15, 0.2) is 53.1 Å². The maximum atomic E-state index is 14.3. The largest absolute Gasteiger partial charge is 0.335 e. The summed E-state index contributed by atoms with van der Waals surface area (Å²) in [5.41, 5.74) is 3.23. The lowest BCUT2D eigenvalue weighted by molar-refractivity contribution is -0.114. The second-order valence-corrected chi connectivity index (χ2v) is 7.10. The summed E-state index contributed by atoms with van der Waals surface area (Å²) in [6, 6.07) is 12.9. The molecular weight excluding hydrogens is 399 g/mol. The summed E-state index contributed by atoms with van der Waals surface area (Å²) in [7, 11) is 0. The van der Waals surface area contributed by atoms with Crippen molar-refractivity contribution in [1.29, 1.82) is 0 Å². The number of nitrogens with one attached hydrogen (secondary N) is 2. The molecule has 0 atom stereocenters. The van der Waals surface area contributed by atoms with E-state index in [1.54, 1.807) is 50.2 Å². The van der Waals surface area contributed by atoms with Crippen LogP contribution in [0.5, 0.6) is 0 Å². The summed E-state index contributed by atoms with van der Waals surface area (Å²) in [4.78, 5) is 29.0. The first kappa shape index (κ1) is 20.2. The van der Waals surface area contributed by atoms with Gasteiger partial charge in [-0.15, -0.1) is 0 Å². The molecule has 31 heavy (non-hydrogen) atoms. The van der Waals surface area contributed by atoms with Crippen molar-refractivity contribution in [3.05, 3.63) is 71.2 Å². The van der Waals surface area contributed by atoms with Crippen molar-refractivity contribution in [2.24, 2.45) is 0 Å². The van der Waals surface area contributed by atoms with Crippen molar-refractivity contribution < 1.29 is 18.5 Å². The number of carbonyl (C=O) groups excluding carboxylic acids is 2. The number of hydrogen-bond acceptors (Lipinski definition) is 5. The third kappa shape index (κ3) is 3.87. The predicted molar refractivity (Wildman–Crippen MR) is 115 cm³/mol. The normalized spacial score (nSPS) is 10.8. The van der Waals surface area contributed by atoms with Gasteiger partial charge in [0.25, 0.3) is 11.6 Å². The zero-order valence-corrected chi connectivity index (χ0v) is 17.1. The molecular formula is C23H19FN4O3. The number of fused-ring (bicyclic) bond motifs is 1. The standard InChI is InChI=1S/C23H19FN4O3/c1-12-18(25-14(3)29)9-6-10-19(12)26-22(30)16-11-20(15-7-4-5-8-17(15)24)27-23-21(16)13(2)28-31-23/h4-11H,1-3H3,(H,25,29)(H,26,30). The summed E-state index contributed by atoms with van der Waals surface area (Å²) in [5, 5.41) is 9.95. The third-order valence-corrected chi connectivity index (χ3v) is 4.90. The van der Waals surface area contributed by atoms with Gasteiger partial charge in [0, 0.05) is 23.9 Å². The van der Waals surface area contributed by atoms with Gasteiger partial charge in [-0.1, -0.05) is 23.4 Å². The summed E-state index contributed by atoms with van der Waals surface area (Å²) < 4.78 is 19.6. The Kier molecular flexibility index (Phi) is 5.21. The van der Waals surface area contributed by atoms with Crippen molar-refractivity contribution in [3.63, 3.8) is 0 Å². The molecule has 2 heterocycles. The number of amides is 2. The van der Waals surface area contributed by atoms with Crippen LogP contribution in [0.1, 0.15) is 28.5 Å². The van der Waals surface area contributed by atoms with E-state index < -0.39 is 11.7 Å². The highest BCUT2D eigenvalue weighted by Crippen LogP contribution is 2.30. The van der Waals surface area contributed by atoms with Gasteiger partial charge in [0.05, 0.1) is 22.3 Å². The van der Waals surface area contributed by atoms with Gasteiger partial charge in [-0.2, -0.15) is 0 Å². The van der Waals surface area contributed by atoms with E-state index in [0.29, 0.717) is 28.0 Å². The minimum Gasteiger partial charge on any atom is -0.335 e. The van der Waals surface area contributed by atoms with Crippen molar-refractivity contribution in [1.82, 2.24) is 10.1 Å². The molecule has 0 saturated carbocycles. The average molecular weight is 418 g/mol. The smallest absolute Gasteiger partial charge is 0.259 e. The van der Waals surface area contributed by atoms with Gasteiger partial charge in [-0.25, -0.2) is 9.37 Å². The number of pyridine rings is 1. The average Bonchev–Trinajstić information content (AvgIpc) is 3.11. The molecule has 0 fully saturated rings. The number of anilines is 2. The molecule has 0 saturated heterocycles. The van der Waals surface area contributed by atoms with Crippen molar-refractivity contribution in [2.45, 2.75) is 20.8 Å². The molecule has 7 nitrogen and oxygen atoms in total. The number of rotatable bonds is 4. The molecule has 0 aliphatic carbocycles. The lowest BCUT2D eigenvalue weighted by atomic mass is 10.0. The predicted octanol–water partition coefficient (Wildman–Crippen LogP) is 4.86. The molecule has 8 heteroatoms. The monoisotopic (exact) mass is 418 g/mol. The van der Waals surface area contributed by atoms with Gasteiger partial charge in [0.1, 0.15) is 5.82 Å². The van der Waals surface area contributed by atoms with E-state index in [2.05, 4.69) is 20.8 Å². The highest BCUT2D eigenvalue weighted by molar-refractivity contribution is 6.13. The number of carbonyl (C=O) groups is 2. The first-order chi connectivity index (χ1) is 14.8. The molecule has 4 rings (SSSR count). The number of aromatic nitrogens is 2. The second-order valence-electron chi connectivity index (χ2n) is 7.10. The minimum absolute atomic E-state index is 0.145. The second kappa shape index (κ2) is 7.98. The molecule has 0 aliphatic heterocycles. The van der Waals surface area contributed by atoms with Gasteiger partial charge in [-0.05, 0) is 49.7 Å². The Balaban J connectivity index is 1.79. The van der Waals surface area contributed by atoms with Gasteiger partial charge in [0.15, 0.2) is 0 Å². The quantitative estimate of drug-likeness (QED) is 0.493. The minimum atomic E-state index is -0.462. The third-order valence-electron chi connectivity index (χ3n) is 4.90. The van der Waals surface area contributed by atoms with Crippen LogP contribution in [0.4, 0.5) is 15.8 Å². The van der Waals surface area contributed by atoms with Crippen LogP contribution in [-0.4, -0.2) is 22.0 Å². The number of aryl methyl sites for hydroxylation is 1. The van der Waals surface area contributed by atoms with Crippen LogP contribution in [0.2, 0.25) is 0 Å². The first-order valence-corrected chi connectivity index (χ1v) is 9.55. The summed E-state index contributed by atoms with van der Waals surface area (Å²) in [5.74, 6) is -1.10. The summed E-state index contributed by atoms with van der Waals surface area (Å²) in [6.07, 6.45) is 0. The van der Waals surface area contributed by atoms with Crippen LogP contribution in [0.3, 0.4) is 0 Å². The zero-order valence-electron chi connectivity index (χ0n) is 17.1. The molecule has 0 radical (unpaired) electrons. The van der Waals surface area contributed by atoms with Crippen molar-refractivity contribution in [3.8, 4) is 11.3 Å². The van der Waals surface area contributed by atoms with Crippen LogP contribution in [0.25, 0.3) is 22.4 Å². The van der Waals surface area contributed by atoms with Gasteiger partial charge < -0.3 is 15.2 Å². The lowest BCUT2D eigenvalue weighted by Crippen LogP contribution is -2.15. The highest BCUT2D eigenvalue weighted by Gasteiger charge is 2.21. The molecule has 2 aromatic heterocycles. The van der Waals surface area contributed by atoms with Gasteiger partial charge in [0.2, 0.25) is 5.91 Å². The van der Waals surface area contributed by atoms with Crippen molar-refractivity contribution >= 4 is 34.3 Å². The summed E-state index contributed by atoms with van der Waals surface area (Å²) >= 11 is 0. The SMILES string of the molecule is CC(=O)Nc1cccc(NC(=O)c2cc(-c3ccccc3F)nc3onc(C)c23)c1C. The van der Waals surface area contributed by atoms with Crippen LogP contribution >= 0.6 is 0 Å². The maximum Gasteiger partial charge on any atom is 0.259 e. The van der Waals surface area contributed by atoms with Gasteiger partial charge in [-0.3, -0.25) is 9.59 Å². The number of benzene rings is 2. The van der Waals surface area contributed by atoms with Crippen LogP contribution in [0, 0.1) is 19.7 Å². The molecule has 156 valence electrons. The number of hydrogen-bond donors (Lipinski definition) is 2. The molecule has 2 amide bonds. The molecule has 0 bridgehead atoms. The number of nitrogens with zero attached hydrogens (tertiary/aromatic N) is 2. The van der Waals surface area contributed by atoms with E-state index in [4.69, 9.17) is 4.52 Å². The zero-order chi connectivity index (χ0) is 22.1. The Morgan fingerprint density at radius 3 is 2.42 bits per heavy atom. The molecule has 2 N–H and O–H groups in total. The topological polar surface area (TPSA) is 97.1 Å².